The Hall–Kier alpha value is -2.98. The minimum Gasteiger partial charge on any atom is -0.493 e. The van der Waals surface area contributed by atoms with Gasteiger partial charge in [0.15, 0.2) is 15.5 Å². The Balaban J connectivity index is 1.57. The van der Waals surface area contributed by atoms with Gasteiger partial charge in [0.1, 0.15) is 0 Å². The van der Waals surface area contributed by atoms with Gasteiger partial charge >= 0.3 is 5.97 Å². The van der Waals surface area contributed by atoms with Crippen LogP contribution in [0.5, 0.6) is 17.4 Å². The fourth-order valence-electron chi connectivity index (χ4n) is 3.24. The predicted molar refractivity (Wildman–Crippen MR) is 112 cm³/mol. The summed E-state index contributed by atoms with van der Waals surface area (Å²) < 4.78 is 12.8. The molecule has 3 heterocycles. The Labute approximate surface area is 180 Å². The summed E-state index contributed by atoms with van der Waals surface area (Å²) in [5, 5.41) is 20.5. The highest BCUT2D eigenvalue weighted by molar-refractivity contribution is 7.73. The molecule has 0 aliphatic carbocycles. The fourth-order valence-corrected chi connectivity index (χ4v) is 4.55. The van der Waals surface area contributed by atoms with Crippen LogP contribution in [0.25, 0.3) is 12.2 Å². The maximum absolute atomic E-state index is 12.5. The number of unbranched alkanes of at least 4 members (excludes halogenated alkanes) is 2. The van der Waals surface area contributed by atoms with E-state index in [1.807, 2.05) is 0 Å². The van der Waals surface area contributed by atoms with Crippen molar-refractivity contribution >= 4 is 47.6 Å². The van der Waals surface area contributed by atoms with Crippen LogP contribution in [0.1, 0.15) is 30.6 Å². The van der Waals surface area contributed by atoms with Crippen LogP contribution in [0, 0.1) is 3.95 Å². The zero-order chi connectivity index (χ0) is 21.3. The number of aromatic hydroxyl groups is 1. The van der Waals surface area contributed by atoms with E-state index in [2.05, 4.69) is 4.99 Å². The average molecular weight is 447 g/mol. The second-order valence-electron chi connectivity index (χ2n) is 6.84. The molecule has 2 aliphatic heterocycles. The van der Waals surface area contributed by atoms with Crippen molar-refractivity contribution in [2.24, 2.45) is 4.99 Å². The molecule has 1 aromatic heterocycles. The minimum absolute atomic E-state index is 0.00609. The first-order valence-corrected chi connectivity index (χ1v) is 10.6. The number of ether oxygens (including phenoxy) is 2. The van der Waals surface area contributed by atoms with E-state index in [-0.39, 0.29) is 19.1 Å². The number of amides is 1. The first kappa shape index (κ1) is 20.3. The van der Waals surface area contributed by atoms with Crippen LogP contribution in [0.3, 0.4) is 0 Å². The van der Waals surface area contributed by atoms with Crippen molar-refractivity contribution in [1.82, 2.24) is 4.57 Å². The van der Waals surface area contributed by atoms with E-state index < -0.39 is 11.9 Å². The number of carbonyl (C=O) groups is 2. The summed E-state index contributed by atoms with van der Waals surface area (Å²) in [4.78, 5) is 27.6. The summed E-state index contributed by atoms with van der Waals surface area (Å²) in [7, 11) is 0. The van der Waals surface area contributed by atoms with Gasteiger partial charge in [0.05, 0.1) is 10.2 Å². The molecule has 2 aromatic rings. The molecule has 10 heteroatoms. The van der Waals surface area contributed by atoms with Crippen LogP contribution in [0.2, 0.25) is 0 Å². The number of carboxylic acids is 1. The number of nitrogens with zero attached hydrogens (tertiary/aromatic N) is 2. The molecule has 0 spiro atoms. The molecule has 0 bridgehead atoms. The molecule has 0 radical (unpaired) electrons. The summed E-state index contributed by atoms with van der Waals surface area (Å²) in [6.07, 6.45) is 5.40. The zero-order valence-electron chi connectivity index (χ0n) is 15.8. The number of hydrogen-bond donors (Lipinski definition) is 2. The molecule has 156 valence electrons. The molecule has 30 heavy (non-hydrogen) atoms. The Kier molecular flexibility index (Phi) is 5.69. The second-order valence-corrected chi connectivity index (χ2v) is 8.51. The molecule has 4 rings (SSSR count). The van der Waals surface area contributed by atoms with Crippen molar-refractivity contribution in [2.75, 3.05) is 6.79 Å². The molecule has 0 saturated carbocycles. The Morgan fingerprint density at radius 1 is 1.27 bits per heavy atom. The summed E-state index contributed by atoms with van der Waals surface area (Å²) in [6.45, 7) is 0.619. The number of aromatic nitrogens is 1. The largest absolute Gasteiger partial charge is 0.493 e. The molecule has 0 unspecified atom stereocenters. The summed E-state index contributed by atoms with van der Waals surface area (Å²) in [6, 6.07) is 3.44. The quantitative estimate of drug-likeness (QED) is 0.382. The minimum atomic E-state index is -0.816. The number of carboxylic acid groups (broad SMARTS) is 1. The first-order chi connectivity index (χ1) is 14.4. The van der Waals surface area contributed by atoms with Crippen molar-refractivity contribution in [3.8, 4) is 17.4 Å². The summed E-state index contributed by atoms with van der Waals surface area (Å²) in [5.74, 6) is -0.0827. The SMILES string of the molecule is O=C(O)CCCCCn1c(O)c(/C=C2\C=c3cc4c(cc3=NC2=O)OCO4)sc1=S. The third-order valence-corrected chi connectivity index (χ3v) is 6.14. The summed E-state index contributed by atoms with van der Waals surface area (Å²) in [5.41, 5.74) is 0.335. The number of aliphatic carboxylic acids is 1. The third-order valence-electron chi connectivity index (χ3n) is 4.75. The van der Waals surface area contributed by atoms with Gasteiger partial charge in [0, 0.05) is 29.8 Å². The van der Waals surface area contributed by atoms with Gasteiger partial charge in [-0.2, -0.15) is 0 Å². The average Bonchev–Trinajstić information content (AvgIpc) is 3.25. The molecule has 2 aliphatic rings. The topological polar surface area (TPSA) is 110 Å². The zero-order valence-corrected chi connectivity index (χ0v) is 17.4. The lowest BCUT2D eigenvalue weighted by Crippen LogP contribution is -2.30. The Bertz CT molecular complexity index is 1240. The molecule has 8 nitrogen and oxygen atoms in total. The van der Waals surface area contributed by atoms with Crippen molar-refractivity contribution in [3.63, 3.8) is 0 Å². The third kappa shape index (κ3) is 4.14. The van der Waals surface area contributed by atoms with Crippen LogP contribution in [0.15, 0.2) is 22.7 Å². The predicted octanol–water partition coefficient (Wildman–Crippen LogP) is 2.38. The van der Waals surface area contributed by atoms with Crippen LogP contribution >= 0.6 is 23.6 Å². The van der Waals surface area contributed by atoms with Gasteiger partial charge in [-0.3, -0.25) is 14.2 Å². The van der Waals surface area contributed by atoms with E-state index in [0.29, 0.717) is 50.6 Å². The monoisotopic (exact) mass is 446 g/mol. The van der Waals surface area contributed by atoms with Crippen LogP contribution in [0.4, 0.5) is 0 Å². The van der Waals surface area contributed by atoms with Crippen molar-refractivity contribution in [2.45, 2.75) is 32.2 Å². The molecule has 0 fully saturated rings. The molecular weight excluding hydrogens is 428 g/mol. The van der Waals surface area contributed by atoms with Gasteiger partial charge in [-0.15, -0.1) is 11.3 Å². The highest BCUT2D eigenvalue weighted by atomic mass is 32.1. The number of thiazole rings is 1. The van der Waals surface area contributed by atoms with Gasteiger partial charge in [-0.25, -0.2) is 4.99 Å². The van der Waals surface area contributed by atoms with Crippen LogP contribution < -0.4 is 20.0 Å². The lowest BCUT2D eigenvalue weighted by Gasteiger charge is -2.06. The van der Waals surface area contributed by atoms with Gasteiger partial charge < -0.3 is 19.7 Å². The highest BCUT2D eigenvalue weighted by Gasteiger charge is 2.19. The Morgan fingerprint density at radius 2 is 2.03 bits per heavy atom. The standard InChI is InChI=1S/C20H18N2O6S2/c23-17(24)4-2-1-3-5-22-19(26)16(30-20(22)29)8-12-6-11-7-14-15(28-10-27-14)9-13(11)21-18(12)25/h6-9,26H,1-5,10H2,(H,23,24)/b12-8+. The molecule has 0 atom stereocenters. The highest BCUT2D eigenvalue weighted by Crippen LogP contribution is 2.31. The van der Waals surface area contributed by atoms with E-state index in [0.717, 1.165) is 11.6 Å². The first-order valence-electron chi connectivity index (χ1n) is 9.33. The summed E-state index contributed by atoms with van der Waals surface area (Å²) >= 11 is 6.55. The maximum Gasteiger partial charge on any atom is 0.303 e. The van der Waals surface area contributed by atoms with Gasteiger partial charge in [0.25, 0.3) is 5.91 Å². The van der Waals surface area contributed by atoms with Crippen molar-refractivity contribution in [1.29, 1.82) is 0 Å². The van der Waals surface area contributed by atoms with Gasteiger partial charge in [-0.1, -0.05) is 6.42 Å². The van der Waals surface area contributed by atoms with Crippen LogP contribution in [-0.2, 0) is 16.1 Å². The molecule has 0 saturated heterocycles. The lowest BCUT2D eigenvalue weighted by atomic mass is 10.1. The molecular formula is C20H18N2O6S2. The normalized spacial score (nSPS) is 15.6. The number of hydrogen-bond acceptors (Lipinski definition) is 7. The molecule has 1 aromatic carbocycles. The van der Waals surface area contributed by atoms with E-state index in [4.69, 9.17) is 26.8 Å². The molecule has 1 amide bonds. The van der Waals surface area contributed by atoms with E-state index in [1.165, 1.54) is 11.3 Å². The van der Waals surface area contributed by atoms with E-state index in [1.54, 1.807) is 28.9 Å². The smallest absolute Gasteiger partial charge is 0.303 e. The fraction of sp³-hybridized carbons (Fsp3) is 0.300. The number of fused-ring (bicyclic) bond motifs is 2. The van der Waals surface area contributed by atoms with Crippen molar-refractivity contribution in [3.05, 3.63) is 37.1 Å². The number of carbonyl (C=O) groups excluding carboxylic acids is 1. The van der Waals surface area contributed by atoms with Gasteiger partial charge in [-0.05, 0) is 43.3 Å². The van der Waals surface area contributed by atoms with E-state index in [9.17, 15) is 14.7 Å². The van der Waals surface area contributed by atoms with E-state index >= 15 is 0 Å². The maximum atomic E-state index is 12.5. The van der Waals surface area contributed by atoms with Gasteiger partial charge in [0.2, 0.25) is 12.7 Å². The number of benzene rings is 1. The van der Waals surface area contributed by atoms with Crippen molar-refractivity contribution < 1.29 is 29.3 Å². The lowest BCUT2D eigenvalue weighted by molar-refractivity contribution is -0.137. The number of rotatable bonds is 7. The second kappa shape index (κ2) is 8.41. The Morgan fingerprint density at radius 3 is 2.80 bits per heavy atom. The molecule has 2 N–H and O–H groups in total. The van der Waals surface area contributed by atoms with Crippen LogP contribution in [-0.4, -0.2) is 33.4 Å².